The fourth-order valence-corrected chi connectivity index (χ4v) is 1.65. The van der Waals surface area contributed by atoms with Gasteiger partial charge in [0.25, 0.3) is 0 Å². The largest absolute Gasteiger partial charge is 0.396 e. The lowest BCUT2D eigenvalue weighted by Crippen LogP contribution is -2.21. The number of hydrogen-bond acceptors (Lipinski definition) is 6. The summed E-state index contributed by atoms with van der Waals surface area (Å²) >= 11 is 0. The molecule has 1 fully saturated rings. The summed E-state index contributed by atoms with van der Waals surface area (Å²) in [5.41, 5.74) is 0. The predicted octanol–water partition coefficient (Wildman–Crippen LogP) is 0.173. The lowest BCUT2D eigenvalue weighted by molar-refractivity contribution is 0.0541. The van der Waals surface area contributed by atoms with Crippen LogP contribution in [0.15, 0.2) is 0 Å². The van der Waals surface area contributed by atoms with Crippen LogP contribution in [0.4, 0.5) is 0 Å². The maximum atomic E-state index is 8.92. The van der Waals surface area contributed by atoms with Gasteiger partial charge in [0.1, 0.15) is 0 Å². The van der Waals surface area contributed by atoms with Crippen LogP contribution in [0.5, 0.6) is 0 Å². The molecule has 0 aromatic heterocycles. The molecular weight excluding hydrogens is 276 g/mol. The Morgan fingerprint density at radius 2 is 1.14 bits per heavy atom. The third kappa shape index (κ3) is 22.2. The van der Waals surface area contributed by atoms with Gasteiger partial charge in [-0.3, -0.25) is 0 Å². The van der Waals surface area contributed by atoms with Crippen LogP contribution >= 0.6 is 0 Å². The van der Waals surface area contributed by atoms with Crippen LogP contribution in [0, 0.1) is 0 Å². The van der Waals surface area contributed by atoms with Crippen LogP contribution in [0.2, 0.25) is 0 Å². The molecule has 0 amide bonds. The van der Waals surface area contributed by atoms with E-state index in [1.54, 1.807) is 6.92 Å². The molecule has 6 N–H and O–H groups in total. The number of unbranched alkanes of at least 4 members (excludes halogenated alkanes) is 2. The summed E-state index contributed by atoms with van der Waals surface area (Å²) in [7, 11) is 0. The van der Waals surface area contributed by atoms with E-state index in [4.69, 9.17) is 30.6 Å². The molecule has 1 aliphatic carbocycles. The van der Waals surface area contributed by atoms with Crippen LogP contribution in [-0.4, -0.2) is 68.8 Å². The third-order valence-electron chi connectivity index (χ3n) is 3.03. The van der Waals surface area contributed by atoms with Crippen molar-refractivity contribution in [3.8, 4) is 0 Å². The van der Waals surface area contributed by atoms with Gasteiger partial charge in [-0.25, -0.2) is 0 Å². The lowest BCUT2D eigenvalue weighted by atomic mass is 9.95. The molecule has 1 aliphatic rings. The summed E-state index contributed by atoms with van der Waals surface area (Å²) < 4.78 is 0. The highest BCUT2D eigenvalue weighted by Crippen LogP contribution is 2.17. The zero-order chi connectivity index (χ0) is 16.5. The van der Waals surface area contributed by atoms with Crippen molar-refractivity contribution in [3.63, 3.8) is 0 Å². The van der Waals surface area contributed by atoms with E-state index in [1.165, 1.54) is 0 Å². The summed E-state index contributed by atoms with van der Waals surface area (Å²) in [6.07, 6.45) is 5.55. The SMILES string of the molecule is CC(O)CCO.OC1CCC(O)CC1.OCCCCCO. The van der Waals surface area contributed by atoms with E-state index in [-0.39, 0.29) is 38.1 Å². The first-order valence-corrected chi connectivity index (χ1v) is 7.84. The van der Waals surface area contributed by atoms with Crippen molar-refractivity contribution in [1.29, 1.82) is 0 Å². The summed E-state index contributed by atoms with van der Waals surface area (Å²) in [5, 5.41) is 50.7. The average Bonchev–Trinajstić information content (AvgIpc) is 2.44. The molecule has 1 saturated carbocycles. The smallest absolute Gasteiger partial charge is 0.0542 e. The Labute approximate surface area is 128 Å². The summed E-state index contributed by atoms with van der Waals surface area (Å²) in [4.78, 5) is 0. The molecular formula is C15H34O6. The van der Waals surface area contributed by atoms with Crippen molar-refractivity contribution < 1.29 is 30.6 Å². The first-order chi connectivity index (χ1) is 9.97. The zero-order valence-electron chi connectivity index (χ0n) is 13.2. The topological polar surface area (TPSA) is 121 Å². The number of aliphatic hydroxyl groups is 6. The minimum atomic E-state index is -0.352. The number of aliphatic hydroxyl groups excluding tert-OH is 6. The van der Waals surface area contributed by atoms with E-state index in [2.05, 4.69) is 0 Å². The van der Waals surface area contributed by atoms with Gasteiger partial charge < -0.3 is 30.6 Å². The number of rotatable bonds is 6. The Morgan fingerprint density at radius 3 is 1.33 bits per heavy atom. The molecule has 0 aromatic rings. The van der Waals surface area contributed by atoms with E-state index in [0.717, 1.165) is 44.9 Å². The standard InChI is InChI=1S/C6H12O2.C5H12O2.C4H10O2/c7-5-1-2-6(8)4-3-5;6-4-2-1-3-5-7;1-4(6)2-3-5/h5-8H,1-4H2;6-7H,1-5H2;4-6H,2-3H2,1H3. The van der Waals surface area contributed by atoms with Gasteiger partial charge in [0.15, 0.2) is 0 Å². The Morgan fingerprint density at radius 1 is 0.762 bits per heavy atom. The molecule has 1 rings (SSSR count). The second-order valence-electron chi connectivity index (χ2n) is 5.33. The molecule has 21 heavy (non-hydrogen) atoms. The highest BCUT2D eigenvalue weighted by molar-refractivity contribution is 4.69. The minimum Gasteiger partial charge on any atom is -0.396 e. The van der Waals surface area contributed by atoms with Crippen LogP contribution < -0.4 is 0 Å². The summed E-state index contributed by atoms with van der Waals surface area (Å²) in [5.74, 6) is 0. The maximum absolute atomic E-state index is 8.92. The fraction of sp³-hybridized carbons (Fsp3) is 1.00. The van der Waals surface area contributed by atoms with Crippen LogP contribution in [0.1, 0.15) is 58.3 Å². The van der Waals surface area contributed by atoms with Crippen LogP contribution in [0.3, 0.4) is 0 Å². The first kappa shape index (κ1) is 23.0. The van der Waals surface area contributed by atoms with Crippen molar-refractivity contribution in [2.75, 3.05) is 19.8 Å². The maximum Gasteiger partial charge on any atom is 0.0542 e. The molecule has 6 nitrogen and oxygen atoms in total. The van der Waals surface area contributed by atoms with Gasteiger partial charge >= 0.3 is 0 Å². The Balaban J connectivity index is 0. The molecule has 130 valence electrons. The quantitative estimate of drug-likeness (QED) is 0.389. The molecule has 0 heterocycles. The highest BCUT2D eigenvalue weighted by atomic mass is 16.3. The average molecular weight is 310 g/mol. The highest BCUT2D eigenvalue weighted by Gasteiger charge is 2.15. The Hall–Kier alpha value is -0.240. The van der Waals surface area contributed by atoms with Gasteiger partial charge in [-0.15, -0.1) is 0 Å². The lowest BCUT2D eigenvalue weighted by Gasteiger charge is -2.20. The van der Waals surface area contributed by atoms with E-state index >= 15 is 0 Å². The molecule has 0 aliphatic heterocycles. The molecule has 0 radical (unpaired) electrons. The van der Waals surface area contributed by atoms with Gasteiger partial charge in [-0.2, -0.15) is 0 Å². The first-order valence-electron chi connectivity index (χ1n) is 7.84. The summed E-state index contributed by atoms with van der Waals surface area (Å²) in [6.45, 7) is 2.23. The number of hydrogen-bond donors (Lipinski definition) is 6. The molecule has 6 heteroatoms. The molecule has 0 spiro atoms. The Kier molecular flexibility index (Phi) is 19.5. The van der Waals surface area contributed by atoms with E-state index in [9.17, 15) is 0 Å². The van der Waals surface area contributed by atoms with Crippen molar-refractivity contribution in [1.82, 2.24) is 0 Å². The predicted molar refractivity (Wildman–Crippen MR) is 81.9 cm³/mol. The molecule has 0 bridgehead atoms. The molecule has 1 unspecified atom stereocenters. The van der Waals surface area contributed by atoms with E-state index in [0.29, 0.717) is 6.42 Å². The van der Waals surface area contributed by atoms with E-state index < -0.39 is 0 Å². The summed E-state index contributed by atoms with van der Waals surface area (Å²) in [6, 6.07) is 0. The van der Waals surface area contributed by atoms with Gasteiger partial charge in [-0.05, 0) is 58.3 Å². The second-order valence-corrected chi connectivity index (χ2v) is 5.33. The minimum absolute atomic E-state index is 0.0810. The van der Waals surface area contributed by atoms with Gasteiger partial charge in [-0.1, -0.05) is 0 Å². The monoisotopic (exact) mass is 310 g/mol. The van der Waals surface area contributed by atoms with E-state index in [1.807, 2.05) is 0 Å². The van der Waals surface area contributed by atoms with Crippen LogP contribution in [-0.2, 0) is 0 Å². The second kappa shape index (κ2) is 17.8. The zero-order valence-corrected chi connectivity index (χ0v) is 13.2. The normalized spacial score (nSPS) is 22.4. The van der Waals surface area contributed by atoms with Crippen molar-refractivity contribution in [3.05, 3.63) is 0 Å². The van der Waals surface area contributed by atoms with Crippen LogP contribution in [0.25, 0.3) is 0 Å². The molecule has 0 saturated heterocycles. The fourth-order valence-electron chi connectivity index (χ4n) is 1.65. The Bertz CT molecular complexity index is 167. The van der Waals surface area contributed by atoms with Gasteiger partial charge in [0, 0.05) is 19.8 Å². The van der Waals surface area contributed by atoms with Gasteiger partial charge in [0.05, 0.1) is 18.3 Å². The molecule has 1 atom stereocenters. The van der Waals surface area contributed by atoms with Crippen molar-refractivity contribution in [2.24, 2.45) is 0 Å². The van der Waals surface area contributed by atoms with Crippen molar-refractivity contribution in [2.45, 2.75) is 76.6 Å². The third-order valence-corrected chi connectivity index (χ3v) is 3.03. The van der Waals surface area contributed by atoms with Gasteiger partial charge in [0.2, 0.25) is 0 Å². The van der Waals surface area contributed by atoms with Crippen molar-refractivity contribution >= 4 is 0 Å². The molecule has 0 aromatic carbocycles.